The van der Waals surface area contributed by atoms with Crippen molar-refractivity contribution >= 4 is 81.0 Å². The van der Waals surface area contributed by atoms with Gasteiger partial charge in [0.1, 0.15) is 11.2 Å². The molecule has 58 heavy (non-hydrogen) atoms. The van der Waals surface area contributed by atoms with Crippen molar-refractivity contribution in [1.82, 2.24) is 19.5 Å². The van der Waals surface area contributed by atoms with Gasteiger partial charge in [-0.05, 0) is 84.8 Å². The van der Waals surface area contributed by atoms with E-state index in [1.807, 2.05) is 67.6 Å². The summed E-state index contributed by atoms with van der Waals surface area (Å²) in [7, 11) is 0. The fourth-order valence-corrected chi connectivity index (χ4v) is 9.44. The van der Waals surface area contributed by atoms with Crippen LogP contribution in [0.4, 0.5) is 0 Å². The fraction of sp³-hybridized carbons (Fsp3) is 0.0192. The van der Waals surface area contributed by atoms with E-state index >= 15 is 0 Å². The van der Waals surface area contributed by atoms with Crippen LogP contribution in [-0.2, 0) is 0 Å². The van der Waals surface area contributed by atoms with E-state index in [1.54, 1.807) is 11.3 Å². The Hall–Kier alpha value is -7.41. The van der Waals surface area contributed by atoms with Crippen LogP contribution in [0.5, 0.6) is 0 Å². The van der Waals surface area contributed by atoms with Crippen molar-refractivity contribution in [2.24, 2.45) is 0 Å². The van der Waals surface area contributed by atoms with E-state index in [1.165, 1.54) is 25.6 Å². The minimum Gasteiger partial charge on any atom is -0.456 e. The molecule has 5 nitrogen and oxygen atoms in total. The minimum atomic E-state index is 0.594. The van der Waals surface area contributed by atoms with Crippen molar-refractivity contribution in [2.75, 3.05) is 0 Å². The first-order valence-electron chi connectivity index (χ1n) is 19.3. The van der Waals surface area contributed by atoms with Crippen LogP contribution in [0.15, 0.2) is 187 Å². The quantitative estimate of drug-likeness (QED) is 0.152. The summed E-state index contributed by atoms with van der Waals surface area (Å²) in [6.07, 6.45) is 8.11. The van der Waals surface area contributed by atoms with Gasteiger partial charge in [0.25, 0.3) is 0 Å². The summed E-state index contributed by atoms with van der Waals surface area (Å²) in [5.74, 6) is 1.84. The third-order valence-corrected chi connectivity index (χ3v) is 12.1. The van der Waals surface area contributed by atoms with E-state index in [0.717, 1.165) is 71.9 Å². The lowest BCUT2D eigenvalue weighted by atomic mass is 9.99. The average Bonchev–Trinajstić information content (AvgIpc) is 3.95. The van der Waals surface area contributed by atoms with Gasteiger partial charge in [-0.15, -0.1) is 11.3 Å². The zero-order valence-corrected chi connectivity index (χ0v) is 32.4. The number of hydrogen-bond acceptors (Lipinski definition) is 5. The van der Waals surface area contributed by atoms with Gasteiger partial charge in [-0.1, -0.05) is 116 Å². The molecule has 0 aliphatic carbocycles. The molecule has 0 atom stereocenters. The van der Waals surface area contributed by atoms with Gasteiger partial charge >= 0.3 is 0 Å². The number of benzene rings is 7. The molecule has 4 aromatic heterocycles. The maximum Gasteiger partial charge on any atom is 0.164 e. The predicted octanol–water partition coefficient (Wildman–Crippen LogP) is 14.5. The molecule has 11 rings (SSSR count). The monoisotopic (exact) mass is 762 g/mol. The molecule has 0 bridgehead atoms. The number of allylic oxidation sites excluding steroid dienone is 5. The first-order chi connectivity index (χ1) is 28.6. The molecule has 11 aromatic rings. The van der Waals surface area contributed by atoms with E-state index in [2.05, 4.69) is 126 Å². The molecule has 274 valence electrons. The fourth-order valence-electron chi connectivity index (χ4n) is 8.33. The van der Waals surface area contributed by atoms with E-state index < -0.39 is 0 Å². The normalized spacial score (nSPS) is 12.3. The second-order valence-electron chi connectivity index (χ2n) is 14.4. The Morgan fingerprint density at radius 3 is 2.09 bits per heavy atom. The highest BCUT2D eigenvalue weighted by atomic mass is 32.1. The molecule has 0 unspecified atom stereocenters. The highest BCUT2D eigenvalue weighted by Gasteiger charge is 2.19. The summed E-state index contributed by atoms with van der Waals surface area (Å²) < 4.78 is 11.0. The molecule has 0 radical (unpaired) electrons. The molecule has 0 saturated heterocycles. The number of rotatable bonds is 7. The lowest BCUT2D eigenvalue weighted by molar-refractivity contribution is 0.669. The lowest BCUT2D eigenvalue weighted by Gasteiger charge is -2.10. The van der Waals surface area contributed by atoms with Crippen molar-refractivity contribution in [2.45, 2.75) is 6.92 Å². The molecule has 4 heterocycles. The van der Waals surface area contributed by atoms with Crippen LogP contribution in [0.25, 0.3) is 115 Å². The second-order valence-corrected chi connectivity index (χ2v) is 15.5. The third kappa shape index (κ3) is 5.49. The van der Waals surface area contributed by atoms with Gasteiger partial charge in [-0.25, -0.2) is 15.0 Å². The lowest BCUT2D eigenvalue weighted by Crippen LogP contribution is -2.00. The van der Waals surface area contributed by atoms with E-state index in [9.17, 15) is 0 Å². The van der Waals surface area contributed by atoms with Gasteiger partial charge in [0.15, 0.2) is 17.5 Å². The number of hydrogen-bond donors (Lipinski definition) is 0. The predicted molar refractivity (Wildman–Crippen MR) is 244 cm³/mol. The van der Waals surface area contributed by atoms with Crippen LogP contribution in [0.2, 0.25) is 0 Å². The smallest absolute Gasteiger partial charge is 0.164 e. The van der Waals surface area contributed by atoms with Gasteiger partial charge in [0.2, 0.25) is 0 Å². The number of nitrogens with zero attached hydrogens (tertiary/aromatic N) is 4. The number of para-hydroxylation sites is 2. The van der Waals surface area contributed by atoms with Gasteiger partial charge in [-0.3, -0.25) is 0 Å². The van der Waals surface area contributed by atoms with E-state index in [4.69, 9.17) is 19.4 Å². The molecule has 0 N–H and O–H groups in total. The van der Waals surface area contributed by atoms with Crippen molar-refractivity contribution in [3.63, 3.8) is 0 Å². The summed E-state index contributed by atoms with van der Waals surface area (Å²) in [6, 6.07) is 53.2. The molecular formula is C52H34N4OS. The second kappa shape index (κ2) is 13.7. The molecule has 0 fully saturated rings. The topological polar surface area (TPSA) is 56.7 Å². The molecule has 7 aromatic carbocycles. The van der Waals surface area contributed by atoms with Crippen LogP contribution < -0.4 is 0 Å². The Balaban J connectivity index is 1.09. The maximum atomic E-state index is 6.28. The van der Waals surface area contributed by atoms with Crippen LogP contribution >= 0.6 is 11.3 Å². The van der Waals surface area contributed by atoms with E-state index in [-0.39, 0.29) is 0 Å². The highest BCUT2D eigenvalue weighted by Crippen LogP contribution is 2.43. The largest absolute Gasteiger partial charge is 0.456 e. The van der Waals surface area contributed by atoms with Crippen LogP contribution in [-0.4, -0.2) is 19.5 Å². The van der Waals surface area contributed by atoms with Crippen LogP contribution in [0.3, 0.4) is 0 Å². The van der Waals surface area contributed by atoms with Gasteiger partial charge < -0.3 is 8.98 Å². The van der Waals surface area contributed by atoms with Crippen LogP contribution in [0.1, 0.15) is 6.92 Å². The first-order valence-corrected chi connectivity index (χ1v) is 20.1. The highest BCUT2D eigenvalue weighted by molar-refractivity contribution is 7.26. The van der Waals surface area contributed by atoms with Gasteiger partial charge in [-0.2, -0.15) is 0 Å². The van der Waals surface area contributed by atoms with Crippen LogP contribution in [0, 0.1) is 0 Å². The number of thiophene rings is 1. The van der Waals surface area contributed by atoms with Crippen molar-refractivity contribution in [3.8, 4) is 45.3 Å². The Kier molecular flexibility index (Phi) is 7.98. The number of fused-ring (bicyclic) bond motifs is 9. The molecule has 0 amide bonds. The summed E-state index contributed by atoms with van der Waals surface area (Å²) in [5, 5.41) is 6.88. The van der Waals surface area contributed by atoms with Crippen molar-refractivity contribution in [1.29, 1.82) is 0 Å². The van der Waals surface area contributed by atoms with E-state index in [0.29, 0.717) is 17.5 Å². The summed E-state index contributed by atoms with van der Waals surface area (Å²) in [6.45, 7) is 6.03. The summed E-state index contributed by atoms with van der Waals surface area (Å²) in [4.78, 5) is 15.4. The maximum absolute atomic E-state index is 6.28. The zero-order valence-electron chi connectivity index (χ0n) is 31.6. The third-order valence-electron chi connectivity index (χ3n) is 10.9. The Morgan fingerprint density at radius 1 is 0.552 bits per heavy atom. The van der Waals surface area contributed by atoms with Crippen molar-refractivity contribution < 1.29 is 4.42 Å². The molecule has 6 heteroatoms. The number of aromatic nitrogens is 4. The first kappa shape index (κ1) is 33.9. The summed E-state index contributed by atoms with van der Waals surface area (Å²) in [5.41, 5.74) is 10.1. The zero-order chi connectivity index (χ0) is 38.7. The summed E-state index contributed by atoms with van der Waals surface area (Å²) >= 11 is 1.79. The minimum absolute atomic E-state index is 0.594. The van der Waals surface area contributed by atoms with Gasteiger partial charge in [0.05, 0.1) is 11.0 Å². The number of furan rings is 1. The standard InChI is InChI=1S/C52H34N4OS/c1-3-13-36(14-4-2)56-43-20-10-8-17-37(43)41-29-33(24-27-44(41)56)34-25-28-47-42(30-34)49-40(19-12-22-48(49)58-47)52-54-50(32-15-6-5-7-16-32)53-51(55-52)35-23-26-39-38-18-9-11-21-45(38)57-46(39)31-35/h3-31H,1H2,2H3/b14-4-,36-13+. The Bertz CT molecular complexity index is 3490. The van der Waals surface area contributed by atoms with Crippen molar-refractivity contribution in [3.05, 3.63) is 183 Å². The van der Waals surface area contributed by atoms with Gasteiger partial charge in [0, 0.05) is 64.1 Å². The molecular weight excluding hydrogens is 729 g/mol. The Morgan fingerprint density at radius 2 is 1.24 bits per heavy atom. The molecule has 0 saturated carbocycles. The molecule has 0 aliphatic rings. The molecule has 0 spiro atoms. The Labute approximate surface area is 338 Å². The molecule has 0 aliphatic heterocycles. The average molecular weight is 763 g/mol. The SMILES string of the molecule is C=C/C=C(\C=C/C)n1c2ccccc2c2cc(-c3ccc4sc5cccc(-c6nc(-c7ccccc7)nc(-c7ccc8c(c7)oc7ccccc78)n6)c5c4c3)ccc21.